The van der Waals surface area contributed by atoms with Crippen LogP contribution in [0.4, 0.5) is 13.2 Å². The topological polar surface area (TPSA) is 46.5 Å². The molecule has 0 aliphatic heterocycles. The van der Waals surface area contributed by atoms with Gasteiger partial charge in [0.2, 0.25) is 0 Å². The molecule has 0 aliphatic carbocycles. The summed E-state index contributed by atoms with van der Waals surface area (Å²) in [5.41, 5.74) is 0.876. The van der Waals surface area contributed by atoms with Crippen LogP contribution in [-0.4, -0.2) is 17.7 Å². The quantitative estimate of drug-likeness (QED) is 0.812. The number of carboxylic acids is 1. The van der Waals surface area contributed by atoms with Crippen molar-refractivity contribution in [3.05, 3.63) is 70.8 Å². The summed E-state index contributed by atoms with van der Waals surface area (Å²) >= 11 is 0. The van der Waals surface area contributed by atoms with Gasteiger partial charge in [0.05, 0.1) is 24.3 Å². The summed E-state index contributed by atoms with van der Waals surface area (Å²) in [7, 11) is 0. The minimum absolute atomic E-state index is 0.0944. The van der Waals surface area contributed by atoms with Gasteiger partial charge < -0.3 is 9.84 Å². The van der Waals surface area contributed by atoms with Crippen molar-refractivity contribution >= 4 is 5.97 Å². The van der Waals surface area contributed by atoms with Crippen molar-refractivity contribution in [1.82, 2.24) is 0 Å². The average molecular weight is 324 g/mol. The highest BCUT2D eigenvalue weighted by molar-refractivity contribution is 5.87. The zero-order valence-corrected chi connectivity index (χ0v) is 12.1. The summed E-state index contributed by atoms with van der Waals surface area (Å²) in [4.78, 5) is 10.7. The Morgan fingerprint density at radius 1 is 1.04 bits per heavy atom. The highest BCUT2D eigenvalue weighted by atomic mass is 19.4. The Hall–Kier alpha value is -2.34. The van der Waals surface area contributed by atoms with E-state index in [1.54, 1.807) is 18.2 Å². The van der Waals surface area contributed by atoms with Crippen molar-refractivity contribution in [2.24, 2.45) is 0 Å². The SMILES string of the molecule is O=C(O)c1ccc(CCOCc2cccc(C(F)(F)F)c2)cc1. The van der Waals surface area contributed by atoms with Crippen LogP contribution in [0.3, 0.4) is 0 Å². The first-order valence-electron chi connectivity index (χ1n) is 6.92. The van der Waals surface area contributed by atoms with Crippen molar-refractivity contribution in [2.45, 2.75) is 19.2 Å². The molecule has 0 saturated carbocycles. The second-order valence-electron chi connectivity index (χ2n) is 5.00. The van der Waals surface area contributed by atoms with Crippen molar-refractivity contribution in [3.63, 3.8) is 0 Å². The fraction of sp³-hybridized carbons (Fsp3) is 0.235. The van der Waals surface area contributed by atoms with E-state index < -0.39 is 17.7 Å². The lowest BCUT2D eigenvalue weighted by Crippen LogP contribution is -2.06. The molecule has 2 aromatic rings. The van der Waals surface area contributed by atoms with Crippen LogP contribution in [0.15, 0.2) is 48.5 Å². The monoisotopic (exact) mass is 324 g/mol. The third-order valence-corrected chi connectivity index (χ3v) is 3.26. The van der Waals surface area contributed by atoms with E-state index in [4.69, 9.17) is 9.84 Å². The fourth-order valence-electron chi connectivity index (χ4n) is 2.03. The van der Waals surface area contributed by atoms with Gasteiger partial charge in [0.25, 0.3) is 0 Å². The Bertz CT molecular complexity index is 664. The summed E-state index contributed by atoms with van der Waals surface area (Å²) < 4.78 is 43.1. The van der Waals surface area contributed by atoms with Crippen LogP contribution in [0.25, 0.3) is 0 Å². The van der Waals surface area contributed by atoms with E-state index in [2.05, 4.69) is 0 Å². The van der Waals surface area contributed by atoms with Crippen LogP contribution in [0.5, 0.6) is 0 Å². The Kier molecular flexibility index (Phi) is 5.39. The minimum Gasteiger partial charge on any atom is -0.478 e. The number of alkyl halides is 3. The maximum Gasteiger partial charge on any atom is 0.416 e. The molecule has 122 valence electrons. The molecule has 1 N–H and O–H groups in total. The Morgan fingerprint density at radius 2 is 1.74 bits per heavy atom. The van der Waals surface area contributed by atoms with Crippen molar-refractivity contribution in [3.8, 4) is 0 Å². The van der Waals surface area contributed by atoms with Gasteiger partial charge in [0, 0.05) is 0 Å². The molecule has 0 saturated heterocycles. The van der Waals surface area contributed by atoms with Gasteiger partial charge >= 0.3 is 12.1 Å². The molecule has 0 amide bonds. The highest BCUT2D eigenvalue weighted by Crippen LogP contribution is 2.29. The molecule has 0 spiro atoms. The normalized spacial score (nSPS) is 11.4. The van der Waals surface area contributed by atoms with Gasteiger partial charge in [0.1, 0.15) is 0 Å². The predicted molar refractivity (Wildman–Crippen MR) is 78.2 cm³/mol. The summed E-state index contributed by atoms with van der Waals surface area (Å²) in [6.45, 7) is 0.430. The van der Waals surface area contributed by atoms with E-state index in [1.165, 1.54) is 18.2 Å². The number of benzene rings is 2. The Morgan fingerprint density at radius 3 is 2.35 bits per heavy atom. The van der Waals surface area contributed by atoms with Crippen molar-refractivity contribution in [1.29, 1.82) is 0 Å². The molecule has 0 heterocycles. The first-order chi connectivity index (χ1) is 10.9. The molecule has 3 nitrogen and oxygen atoms in total. The lowest BCUT2D eigenvalue weighted by Gasteiger charge is -2.09. The van der Waals surface area contributed by atoms with E-state index in [9.17, 15) is 18.0 Å². The molecule has 0 atom stereocenters. The van der Waals surface area contributed by atoms with Gasteiger partial charge in [-0.2, -0.15) is 13.2 Å². The Balaban J connectivity index is 1.82. The molecule has 2 rings (SSSR count). The maximum absolute atomic E-state index is 12.6. The number of carbonyl (C=O) groups is 1. The molecular formula is C17H15F3O3. The number of aromatic carboxylic acids is 1. The van der Waals surface area contributed by atoms with Crippen LogP contribution in [-0.2, 0) is 23.9 Å². The Labute approximate surface area is 131 Å². The van der Waals surface area contributed by atoms with Gasteiger partial charge in [-0.05, 0) is 41.8 Å². The lowest BCUT2D eigenvalue weighted by molar-refractivity contribution is -0.137. The van der Waals surface area contributed by atoms with E-state index in [1.807, 2.05) is 0 Å². The number of hydrogen-bond donors (Lipinski definition) is 1. The standard InChI is InChI=1S/C17H15F3O3/c18-17(19,20)15-3-1-2-13(10-15)11-23-9-8-12-4-6-14(7-5-12)16(21)22/h1-7,10H,8-9,11H2,(H,21,22). The predicted octanol–water partition coefficient (Wildman–Crippen LogP) is 4.16. The third kappa shape index (κ3) is 5.10. The minimum atomic E-state index is -4.36. The van der Waals surface area contributed by atoms with Crippen LogP contribution in [0, 0.1) is 0 Å². The van der Waals surface area contributed by atoms with Crippen molar-refractivity contribution < 1.29 is 27.8 Å². The van der Waals surface area contributed by atoms with Gasteiger partial charge in [-0.3, -0.25) is 0 Å². The molecular weight excluding hydrogens is 309 g/mol. The summed E-state index contributed by atoms with van der Waals surface area (Å²) in [5, 5.41) is 8.79. The number of hydrogen-bond acceptors (Lipinski definition) is 2. The molecule has 0 bridgehead atoms. The molecule has 0 aromatic heterocycles. The number of rotatable bonds is 6. The molecule has 0 aliphatic rings. The fourth-order valence-corrected chi connectivity index (χ4v) is 2.03. The molecule has 0 radical (unpaired) electrons. The van der Waals surface area contributed by atoms with E-state index >= 15 is 0 Å². The molecule has 2 aromatic carbocycles. The highest BCUT2D eigenvalue weighted by Gasteiger charge is 2.30. The van der Waals surface area contributed by atoms with E-state index in [0.717, 1.165) is 17.7 Å². The molecule has 0 fully saturated rings. The molecule has 0 unspecified atom stereocenters. The number of halogens is 3. The summed E-state index contributed by atoms with van der Waals surface area (Å²) in [6, 6.07) is 11.4. The van der Waals surface area contributed by atoms with Gasteiger partial charge in [-0.15, -0.1) is 0 Å². The van der Waals surface area contributed by atoms with E-state index in [-0.39, 0.29) is 12.2 Å². The van der Waals surface area contributed by atoms with Crippen molar-refractivity contribution in [2.75, 3.05) is 6.61 Å². The van der Waals surface area contributed by atoms with Crippen LogP contribution in [0.2, 0.25) is 0 Å². The lowest BCUT2D eigenvalue weighted by atomic mass is 10.1. The zero-order chi connectivity index (χ0) is 16.9. The van der Waals surface area contributed by atoms with Gasteiger partial charge in [0.15, 0.2) is 0 Å². The first-order valence-corrected chi connectivity index (χ1v) is 6.92. The van der Waals surface area contributed by atoms with Gasteiger partial charge in [-0.1, -0.05) is 24.3 Å². The number of carboxylic acid groups (broad SMARTS) is 1. The maximum atomic E-state index is 12.6. The summed E-state index contributed by atoms with van der Waals surface area (Å²) in [5.74, 6) is -0.989. The smallest absolute Gasteiger partial charge is 0.416 e. The molecule has 6 heteroatoms. The van der Waals surface area contributed by atoms with Crippen LogP contribution < -0.4 is 0 Å². The molecule has 23 heavy (non-hydrogen) atoms. The van der Waals surface area contributed by atoms with E-state index in [0.29, 0.717) is 18.6 Å². The average Bonchev–Trinajstić information content (AvgIpc) is 2.51. The largest absolute Gasteiger partial charge is 0.478 e. The first kappa shape index (κ1) is 17.0. The van der Waals surface area contributed by atoms with Crippen LogP contribution >= 0.6 is 0 Å². The summed E-state index contributed by atoms with van der Waals surface area (Å²) in [6.07, 6.45) is -3.80. The van der Waals surface area contributed by atoms with Crippen LogP contribution in [0.1, 0.15) is 27.0 Å². The second kappa shape index (κ2) is 7.28. The third-order valence-electron chi connectivity index (χ3n) is 3.26. The number of ether oxygens (including phenoxy) is 1. The zero-order valence-electron chi connectivity index (χ0n) is 12.1. The van der Waals surface area contributed by atoms with Gasteiger partial charge in [-0.25, -0.2) is 4.79 Å². The second-order valence-corrected chi connectivity index (χ2v) is 5.00.